The molecule has 22 heavy (non-hydrogen) atoms. The van der Waals surface area contributed by atoms with Gasteiger partial charge < -0.3 is 5.32 Å². The molecule has 2 rings (SSSR count). The zero-order chi connectivity index (χ0) is 16.4. The second-order valence-corrected chi connectivity index (χ2v) is 6.72. The molecule has 0 aliphatic heterocycles. The van der Waals surface area contributed by atoms with Crippen molar-refractivity contribution in [2.24, 2.45) is 0 Å². The van der Waals surface area contributed by atoms with Crippen molar-refractivity contribution in [1.82, 2.24) is 15.3 Å². The van der Waals surface area contributed by atoms with Gasteiger partial charge in [0.05, 0.1) is 27.3 Å². The highest BCUT2D eigenvalue weighted by atomic mass is 79.9. The maximum Gasteiger partial charge on any atom is 0.256 e. The van der Waals surface area contributed by atoms with E-state index in [-0.39, 0.29) is 15.7 Å². The van der Waals surface area contributed by atoms with Crippen molar-refractivity contribution >= 4 is 56.6 Å². The number of halogens is 4. The maximum absolute atomic E-state index is 12.4. The molecule has 2 aromatic heterocycles. The molecule has 0 fully saturated rings. The molecule has 0 aliphatic rings. The molecule has 1 N–H and O–H groups in total. The van der Waals surface area contributed by atoms with E-state index >= 15 is 0 Å². The van der Waals surface area contributed by atoms with Crippen LogP contribution in [-0.4, -0.2) is 15.9 Å². The summed E-state index contributed by atoms with van der Waals surface area (Å²) in [6.07, 6.45) is 1.61. The number of hydrogen-bond donors (Lipinski definition) is 1. The summed E-state index contributed by atoms with van der Waals surface area (Å²) in [6, 6.07) is 2.87. The van der Waals surface area contributed by atoms with E-state index in [0.717, 1.165) is 4.47 Å². The number of hydrogen-bond acceptors (Lipinski definition) is 3. The molecule has 1 amide bonds. The first-order chi connectivity index (χ1) is 10.3. The third kappa shape index (κ3) is 3.90. The summed E-state index contributed by atoms with van der Waals surface area (Å²) in [6.45, 7) is 3.51. The van der Waals surface area contributed by atoms with E-state index in [1.807, 2.05) is 0 Å². The summed E-state index contributed by atoms with van der Waals surface area (Å²) in [5, 5.41) is 3.52. The smallest absolute Gasteiger partial charge is 0.256 e. The van der Waals surface area contributed by atoms with Gasteiger partial charge in [-0.05, 0) is 41.9 Å². The summed E-state index contributed by atoms with van der Waals surface area (Å²) in [5.74, 6) is -0.434. The van der Waals surface area contributed by atoms with Crippen molar-refractivity contribution in [3.63, 3.8) is 0 Å². The standard InChI is InChI=1S/C14H11BrCl3N3O/c1-6-3-9(16)11(13(18)20-6)14(22)21-7(2)12-10(17)4-8(15)5-19-12/h3-5,7H,1-2H3,(H,21,22). The number of pyridine rings is 2. The minimum Gasteiger partial charge on any atom is -0.344 e. The Labute approximate surface area is 151 Å². The Bertz CT molecular complexity index is 716. The first kappa shape index (κ1) is 17.5. The molecular formula is C14H11BrCl3N3O. The van der Waals surface area contributed by atoms with Crippen molar-refractivity contribution in [3.05, 3.63) is 55.0 Å². The van der Waals surface area contributed by atoms with E-state index in [1.54, 1.807) is 32.2 Å². The summed E-state index contributed by atoms with van der Waals surface area (Å²) in [4.78, 5) is 20.6. The molecule has 2 aromatic rings. The highest BCUT2D eigenvalue weighted by Crippen LogP contribution is 2.27. The average Bonchev–Trinajstić information content (AvgIpc) is 2.36. The van der Waals surface area contributed by atoms with Crippen LogP contribution in [0.2, 0.25) is 15.2 Å². The van der Waals surface area contributed by atoms with Gasteiger partial charge in [0.15, 0.2) is 0 Å². The van der Waals surface area contributed by atoms with Gasteiger partial charge in [-0.15, -0.1) is 0 Å². The fraction of sp³-hybridized carbons (Fsp3) is 0.214. The van der Waals surface area contributed by atoms with Crippen molar-refractivity contribution in [3.8, 4) is 0 Å². The molecule has 0 saturated heterocycles. The van der Waals surface area contributed by atoms with Crippen LogP contribution in [-0.2, 0) is 0 Å². The lowest BCUT2D eigenvalue weighted by Crippen LogP contribution is -2.28. The third-order valence-electron chi connectivity index (χ3n) is 2.88. The Hall–Kier alpha value is -0.880. The van der Waals surface area contributed by atoms with Crippen molar-refractivity contribution < 1.29 is 4.79 Å². The normalized spacial score (nSPS) is 12.1. The monoisotopic (exact) mass is 421 g/mol. The van der Waals surface area contributed by atoms with Crippen LogP contribution in [0.4, 0.5) is 0 Å². The Morgan fingerprint density at radius 3 is 2.55 bits per heavy atom. The van der Waals surface area contributed by atoms with Crippen molar-refractivity contribution in [1.29, 1.82) is 0 Å². The van der Waals surface area contributed by atoms with Crippen LogP contribution in [0.15, 0.2) is 22.8 Å². The highest BCUT2D eigenvalue weighted by Gasteiger charge is 2.20. The average molecular weight is 424 g/mol. The molecule has 0 saturated carbocycles. The lowest BCUT2D eigenvalue weighted by Gasteiger charge is -2.16. The van der Waals surface area contributed by atoms with Gasteiger partial charge in [-0.25, -0.2) is 4.98 Å². The van der Waals surface area contributed by atoms with Gasteiger partial charge in [-0.3, -0.25) is 9.78 Å². The molecule has 0 aliphatic carbocycles. The van der Waals surface area contributed by atoms with Crippen LogP contribution in [0.25, 0.3) is 0 Å². The van der Waals surface area contributed by atoms with Gasteiger partial charge in [0.2, 0.25) is 0 Å². The second-order valence-electron chi connectivity index (χ2n) is 4.63. The molecule has 0 spiro atoms. The fourth-order valence-corrected chi connectivity index (χ4v) is 3.38. The maximum atomic E-state index is 12.4. The first-order valence-electron chi connectivity index (χ1n) is 6.24. The third-order valence-corrected chi connectivity index (χ3v) is 4.18. The predicted octanol–water partition coefficient (Wildman–Crippen LogP) is 5.00. The lowest BCUT2D eigenvalue weighted by molar-refractivity contribution is 0.0939. The van der Waals surface area contributed by atoms with Crippen molar-refractivity contribution in [2.75, 3.05) is 0 Å². The zero-order valence-corrected chi connectivity index (χ0v) is 15.5. The molecule has 1 atom stereocenters. The minimum absolute atomic E-state index is 0.0598. The Kier molecular flexibility index (Phi) is 5.66. The van der Waals surface area contributed by atoms with Crippen LogP contribution in [0.1, 0.15) is 34.7 Å². The van der Waals surface area contributed by atoms with Gasteiger partial charge >= 0.3 is 0 Å². The van der Waals surface area contributed by atoms with Crippen LogP contribution >= 0.6 is 50.7 Å². The number of aryl methyl sites for hydroxylation is 1. The quantitative estimate of drug-likeness (QED) is 0.707. The van der Waals surface area contributed by atoms with E-state index in [1.165, 1.54) is 0 Å². The molecule has 1 unspecified atom stereocenters. The summed E-state index contributed by atoms with van der Waals surface area (Å²) >= 11 is 21.5. The van der Waals surface area contributed by atoms with Gasteiger partial charge in [0, 0.05) is 16.4 Å². The SMILES string of the molecule is Cc1cc(Cl)c(C(=O)NC(C)c2ncc(Br)cc2Cl)c(Cl)n1. The fourth-order valence-electron chi connectivity index (χ4n) is 1.88. The topological polar surface area (TPSA) is 54.9 Å². The van der Waals surface area contributed by atoms with E-state index in [9.17, 15) is 4.79 Å². The van der Waals surface area contributed by atoms with Crippen LogP contribution in [0, 0.1) is 6.92 Å². The summed E-state index contributed by atoms with van der Waals surface area (Å²) < 4.78 is 0.758. The molecule has 0 aromatic carbocycles. The van der Waals surface area contributed by atoms with E-state index in [2.05, 4.69) is 31.2 Å². The zero-order valence-electron chi connectivity index (χ0n) is 11.6. The molecular weight excluding hydrogens is 412 g/mol. The largest absolute Gasteiger partial charge is 0.344 e. The number of nitrogens with one attached hydrogen (secondary N) is 1. The Balaban J connectivity index is 2.25. The van der Waals surface area contributed by atoms with Crippen LogP contribution < -0.4 is 5.32 Å². The highest BCUT2D eigenvalue weighted by molar-refractivity contribution is 9.10. The number of nitrogens with zero attached hydrogens (tertiary/aromatic N) is 2. The van der Waals surface area contributed by atoms with Gasteiger partial charge in [-0.2, -0.15) is 0 Å². The number of carbonyl (C=O) groups excluding carboxylic acids is 1. The Morgan fingerprint density at radius 1 is 1.27 bits per heavy atom. The van der Waals surface area contributed by atoms with E-state index < -0.39 is 11.9 Å². The molecule has 2 heterocycles. The number of rotatable bonds is 3. The van der Waals surface area contributed by atoms with E-state index in [4.69, 9.17) is 34.8 Å². The molecule has 116 valence electrons. The van der Waals surface area contributed by atoms with Crippen molar-refractivity contribution in [2.45, 2.75) is 19.9 Å². The van der Waals surface area contributed by atoms with E-state index in [0.29, 0.717) is 16.4 Å². The van der Waals surface area contributed by atoms with Crippen LogP contribution in [0.5, 0.6) is 0 Å². The Morgan fingerprint density at radius 2 is 1.95 bits per heavy atom. The number of aromatic nitrogens is 2. The number of carbonyl (C=O) groups is 1. The summed E-state index contributed by atoms with van der Waals surface area (Å²) in [7, 11) is 0. The van der Waals surface area contributed by atoms with Crippen LogP contribution in [0.3, 0.4) is 0 Å². The minimum atomic E-state index is -0.434. The first-order valence-corrected chi connectivity index (χ1v) is 8.16. The van der Waals surface area contributed by atoms with Gasteiger partial charge in [-0.1, -0.05) is 34.8 Å². The number of amides is 1. The molecule has 0 bridgehead atoms. The van der Waals surface area contributed by atoms with Gasteiger partial charge in [0.1, 0.15) is 5.15 Å². The lowest BCUT2D eigenvalue weighted by atomic mass is 10.2. The summed E-state index contributed by atoms with van der Waals surface area (Å²) in [5.41, 5.74) is 1.32. The predicted molar refractivity (Wildman–Crippen MR) is 91.8 cm³/mol. The molecule has 4 nitrogen and oxygen atoms in total. The second kappa shape index (κ2) is 7.13. The molecule has 0 radical (unpaired) electrons. The molecule has 8 heteroatoms. The van der Waals surface area contributed by atoms with Gasteiger partial charge in [0.25, 0.3) is 5.91 Å².